The molecule has 1 N–H and O–H groups in total. The van der Waals surface area contributed by atoms with Crippen molar-refractivity contribution in [3.8, 4) is 11.5 Å². The zero-order valence-electron chi connectivity index (χ0n) is 13.0. The molecule has 0 unspecified atom stereocenters. The SMILES string of the molecule is CCOc1ccccc1NC(=O)CCCOc1ccc(Cl)cc1. The van der Waals surface area contributed by atoms with Crippen LogP contribution < -0.4 is 14.8 Å². The van der Waals surface area contributed by atoms with Gasteiger partial charge >= 0.3 is 0 Å². The van der Waals surface area contributed by atoms with Gasteiger partial charge in [-0.1, -0.05) is 23.7 Å². The van der Waals surface area contributed by atoms with E-state index in [0.717, 1.165) is 5.75 Å². The van der Waals surface area contributed by atoms with Gasteiger partial charge < -0.3 is 14.8 Å². The van der Waals surface area contributed by atoms with E-state index in [1.54, 1.807) is 24.3 Å². The molecule has 5 heteroatoms. The minimum atomic E-state index is -0.0585. The van der Waals surface area contributed by atoms with Crippen LogP contribution in [-0.2, 0) is 4.79 Å². The van der Waals surface area contributed by atoms with Crippen LogP contribution in [-0.4, -0.2) is 19.1 Å². The van der Waals surface area contributed by atoms with E-state index in [4.69, 9.17) is 21.1 Å². The van der Waals surface area contributed by atoms with Crippen molar-refractivity contribution in [2.75, 3.05) is 18.5 Å². The molecule has 0 aliphatic rings. The summed E-state index contributed by atoms with van der Waals surface area (Å²) in [5, 5.41) is 3.54. The molecule has 0 heterocycles. The number of carbonyl (C=O) groups excluding carboxylic acids is 1. The highest BCUT2D eigenvalue weighted by Crippen LogP contribution is 2.23. The summed E-state index contributed by atoms with van der Waals surface area (Å²) >= 11 is 5.81. The maximum Gasteiger partial charge on any atom is 0.224 e. The van der Waals surface area contributed by atoms with Crippen molar-refractivity contribution in [1.29, 1.82) is 0 Å². The number of anilines is 1. The Kier molecular flexibility index (Phi) is 6.76. The number of para-hydroxylation sites is 2. The summed E-state index contributed by atoms with van der Waals surface area (Å²) in [6.07, 6.45) is 1.01. The Bertz CT molecular complexity index is 628. The van der Waals surface area contributed by atoms with Crippen LogP contribution in [0, 0.1) is 0 Å². The van der Waals surface area contributed by atoms with Gasteiger partial charge in [0.15, 0.2) is 0 Å². The highest BCUT2D eigenvalue weighted by molar-refractivity contribution is 6.30. The summed E-state index contributed by atoms with van der Waals surface area (Å²) in [7, 11) is 0. The van der Waals surface area contributed by atoms with E-state index in [-0.39, 0.29) is 5.91 Å². The van der Waals surface area contributed by atoms with Gasteiger partial charge in [0.2, 0.25) is 5.91 Å². The molecular formula is C18H20ClNO3. The van der Waals surface area contributed by atoms with E-state index in [1.165, 1.54) is 0 Å². The van der Waals surface area contributed by atoms with Crippen molar-refractivity contribution in [3.05, 3.63) is 53.6 Å². The number of nitrogens with one attached hydrogen (secondary N) is 1. The Balaban J connectivity index is 1.74. The zero-order chi connectivity index (χ0) is 16.5. The molecule has 2 rings (SSSR count). The lowest BCUT2D eigenvalue weighted by atomic mass is 10.2. The lowest BCUT2D eigenvalue weighted by Crippen LogP contribution is -2.13. The predicted molar refractivity (Wildman–Crippen MR) is 92.4 cm³/mol. The molecule has 0 atom stereocenters. The van der Waals surface area contributed by atoms with Crippen molar-refractivity contribution in [1.82, 2.24) is 0 Å². The fraction of sp³-hybridized carbons (Fsp3) is 0.278. The average molecular weight is 334 g/mol. The number of hydrogen-bond donors (Lipinski definition) is 1. The number of carbonyl (C=O) groups is 1. The fourth-order valence-corrected chi connectivity index (χ4v) is 2.14. The molecule has 1 amide bonds. The van der Waals surface area contributed by atoms with Gasteiger partial charge in [0.05, 0.1) is 18.9 Å². The summed E-state index contributed by atoms with van der Waals surface area (Å²) in [5.74, 6) is 1.37. The highest BCUT2D eigenvalue weighted by Gasteiger charge is 2.07. The number of benzene rings is 2. The maximum absolute atomic E-state index is 12.0. The monoisotopic (exact) mass is 333 g/mol. The molecule has 122 valence electrons. The quantitative estimate of drug-likeness (QED) is 0.722. The molecule has 0 fully saturated rings. The van der Waals surface area contributed by atoms with Gasteiger partial charge in [-0.25, -0.2) is 0 Å². The van der Waals surface area contributed by atoms with E-state index < -0.39 is 0 Å². The normalized spacial score (nSPS) is 10.2. The molecule has 0 radical (unpaired) electrons. The van der Waals surface area contributed by atoms with Crippen molar-refractivity contribution < 1.29 is 14.3 Å². The van der Waals surface area contributed by atoms with Crippen LogP contribution in [0.25, 0.3) is 0 Å². The predicted octanol–water partition coefficient (Wildman–Crippen LogP) is 4.54. The molecule has 0 saturated heterocycles. The first kappa shape index (κ1) is 17.2. The van der Waals surface area contributed by atoms with Gasteiger partial charge in [-0.15, -0.1) is 0 Å². The Hall–Kier alpha value is -2.20. The van der Waals surface area contributed by atoms with Crippen molar-refractivity contribution in [2.24, 2.45) is 0 Å². The van der Waals surface area contributed by atoms with Crippen LogP contribution in [0.4, 0.5) is 5.69 Å². The minimum Gasteiger partial charge on any atom is -0.494 e. The van der Waals surface area contributed by atoms with Crippen LogP contribution in [0.15, 0.2) is 48.5 Å². The summed E-state index contributed by atoms with van der Waals surface area (Å²) in [6.45, 7) is 2.94. The van der Waals surface area contributed by atoms with E-state index in [1.807, 2.05) is 31.2 Å². The molecule has 0 aliphatic carbocycles. The summed E-state index contributed by atoms with van der Waals surface area (Å²) in [6, 6.07) is 14.6. The Morgan fingerprint density at radius 2 is 1.83 bits per heavy atom. The number of amides is 1. The summed E-state index contributed by atoms with van der Waals surface area (Å²) in [5.41, 5.74) is 0.693. The summed E-state index contributed by atoms with van der Waals surface area (Å²) < 4.78 is 11.0. The first-order valence-electron chi connectivity index (χ1n) is 7.59. The van der Waals surface area contributed by atoms with Gasteiger partial charge in [-0.05, 0) is 49.7 Å². The van der Waals surface area contributed by atoms with E-state index in [0.29, 0.717) is 42.5 Å². The molecule has 0 saturated carbocycles. The molecule has 23 heavy (non-hydrogen) atoms. The largest absolute Gasteiger partial charge is 0.494 e. The van der Waals surface area contributed by atoms with E-state index in [2.05, 4.69) is 5.32 Å². The first-order valence-corrected chi connectivity index (χ1v) is 7.97. The van der Waals surface area contributed by atoms with Gasteiger partial charge in [-0.2, -0.15) is 0 Å². The lowest BCUT2D eigenvalue weighted by Gasteiger charge is -2.11. The number of rotatable bonds is 8. The standard InChI is InChI=1S/C18H20ClNO3/c1-2-22-17-7-4-3-6-16(17)20-18(21)8-5-13-23-15-11-9-14(19)10-12-15/h3-4,6-7,9-12H,2,5,8,13H2,1H3,(H,20,21). The fourth-order valence-electron chi connectivity index (χ4n) is 2.02. The Morgan fingerprint density at radius 1 is 1.09 bits per heavy atom. The first-order chi connectivity index (χ1) is 11.2. The average Bonchev–Trinajstić information content (AvgIpc) is 2.55. The molecule has 0 aliphatic heterocycles. The van der Waals surface area contributed by atoms with Crippen LogP contribution in [0.2, 0.25) is 5.02 Å². The number of halogens is 1. The smallest absolute Gasteiger partial charge is 0.224 e. The van der Waals surface area contributed by atoms with Crippen LogP contribution in [0.1, 0.15) is 19.8 Å². The van der Waals surface area contributed by atoms with Gasteiger partial charge in [0.25, 0.3) is 0 Å². The molecule has 0 spiro atoms. The van der Waals surface area contributed by atoms with Crippen LogP contribution in [0.3, 0.4) is 0 Å². The van der Waals surface area contributed by atoms with Crippen LogP contribution >= 0.6 is 11.6 Å². The lowest BCUT2D eigenvalue weighted by molar-refractivity contribution is -0.116. The van der Waals surface area contributed by atoms with Gasteiger partial charge in [0, 0.05) is 11.4 Å². The topological polar surface area (TPSA) is 47.6 Å². The molecule has 0 aromatic heterocycles. The minimum absolute atomic E-state index is 0.0585. The van der Waals surface area contributed by atoms with Gasteiger partial charge in [-0.3, -0.25) is 4.79 Å². The summed E-state index contributed by atoms with van der Waals surface area (Å²) in [4.78, 5) is 12.0. The zero-order valence-corrected chi connectivity index (χ0v) is 13.8. The molecule has 0 bridgehead atoms. The number of hydrogen-bond acceptors (Lipinski definition) is 3. The third kappa shape index (κ3) is 5.83. The second-order valence-corrected chi connectivity index (χ2v) is 5.32. The molecular weight excluding hydrogens is 314 g/mol. The molecule has 2 aromatic rings. The third-order valence-corrected chi connectivity index (χ3v) is 3.34. The highest BCUT2D eigenvalue weighted by atomic mass is 35.5. The number of ether oxygens (including phenoxy) is 2. The molecule has 2 aromatic carbocycles. The maximum atomic E-state index is 12.0. The van der Waals surface area contributed by atoms with Crippen LogP contribution in [0.5, 0.6) is 11.5 Å². The van der Waals surface area contributed by atoms with Crippen molar-refractivity contribution in [3.63, 3.8) is 0 Å². The van der Waals surface area contributed by atoms with E-state index in [9.17, 15) is 4.79 Å². The van der Waals surface area contributed by atoms with Crippen molar-refractivity contribution >= 4 is 23.2 Å². The van der Waals surface area contributed by atoms with E-state index >= 15 is 0 Å². The third-order valence-electron chi connectivity index (χ3n) is 3.09. The molecule has 4 nitrogen and oxygen atoms in total. The Morgan fingerprint density at radius 3 is 2.57 bits per heavy atom. The second-order valence-electron chi connectivity index (χ2n) is 4.88. The van der Waals surface area contributed by atoms with Gasteiger partial charge in [0.1, 0.15) is 11.5 Å². The Labute approximate surface area is 141 Å². The van der Waals surface area contributed by atoms with Crippen molar-refractivity contribution in [2.45, 2.75) is 19.8 Å². The second kappa shape index (κ2) is 9.06.